The number of hydrogen-bond donors (Lipinski definition) is 2. The summed E-state index contributed by atoms with van der Waals surface area (Å²) in [7, 11) is 3.65. The molecule has 132 valence electrons. The lowest BCUT2D eigenvalue weighted by molar-refractivity contribution is 0.0575. The van der Waals surface area contributed by atoms with Crippen molar-refractivity contribution in [3.05, 3.63) is 36.5 Å². The van der Waals surface area contributed by atoms with Crippen LogP contribution in [0.2, 0.25) is 0 Å². The maximum absolute atomic E-state index is 12.2. The van der Waals surface area contributed by atoms with E-state index in [0.717, 1.165) is 5.82 Å². The lowest BCUT2D eigenvalue weighted by atomic mass is 10.0. The third kappa shape index (κ3) is 4.00. The maximum atomic E-state index is 12.2. The second-order valence-corrected chi connectivity index (χ2v) is 6.31. The van der Waals surface area contributed by atoms with Gasteiger partial charge in [-0.05, 0) is 6.42 Å². The Bertz CT molecular complexity index is 723. The molecule has 0 radical (unpaired) electrons. The van der Waals surface area contributed by atoms with Crippen LogP contribution in [0.25, 0.3) is 0 Å². The molecule has 1 amide bonds. The molecule has 1 fully saturated rings. The average Bonchev–Trinajstić information content (AvgIpc) is 3.03. The van der Waals surface area contributed by atoms with Gasteiger partial charge in [-0.25, -0.2) is 15.0 Å². The molecule has 0 aliphatic carbocycles. The van der Waals surface area contributed by atoms with Crippen LogP contribution in [0.5, 0.6) is 0 Å². The molecule has 0 bridgehead atoms. The summed E-state index contributed by atoms with van der Waals surface area (Å²) in [5, 5.41) is 13.5. The van der Waals surface area contributed by atoms with Gasteiger partial charge in [-0.1, -0.05) is 0 Å². The number of aromatic nitrogens is 4. The van der Waals surface area contributed by atoms with Crippen molar-refractivity contribution in [2.75, 3.05) is 43.5 Å². The highest BCUT2D eigenvalue weighted by Gasteiger charge is 2.37. The Hall–Kier alpha value is -2.81. The highest BCUT2D eigenvalue weighted by molar-refractivity contribution is 5.93. The van der Waals surface area contributed by atoms with E-state index in [1.165, 1.54) is 12.4 Å². The number of amides is 1. The molecule has 1 saturated heterocycles. The van der Waals surface area contributed by atoms with Gasteiger partial charge in [0.15, 0.2) is 0 Å². The Morgan fingerprint density at radius 2 is 2.04 bits per heavy atom. The fourth-order valence-electron chi connectivity index (χ4n) is 2.67. The molecule has 2 aromatic heterocycles. The summed E-state index contributed by atoms with van der Waals surface area (Å²) in [5.74, 6) is 0.944. The summed E-state index contributed by atoms with van der Waals surface area (Å²) < 4.78 is 0. The third-order valence-electron chi connectivity index (χ3n) is 4.08. The third-order valence-corrected chi connectivity index (χ3v) is 4.08. The number of hydrogen-bond acceptors (Lipinski definition) is 8. The molecular weight excluding hydrogens is 322 g/mol. The van der Waals surface area contributed by atoms with Gasteiger partial charge < -0.3 is 20.2 Å². The standard InChI is InChI=1S/C16H21N7O2/c1-22(2)15-19-7-12(8-20-15)14(24)21-10-16(25)3-6-23(11-16)13-9-17-4-5-18-13/h4-5,7-9,25H,3,6,10-11H2,1-2H3,(H,21,24)/t16-/m0/s1. The van der Waals surface area contributed by atoms with Crippen LogP contribution in [0.3, 0.4) is 0 Å². The summed E-state index contributed by atoms with van der Waals surface area (Å²) in [6.07, 6.45) is 8.37. The second-order valence-electron chi connectivity index (χ2n) is 6.31. The van der Waals surface area contributed by atoms with Crippen LogP contribution < -0.4 is 15.1 Å². The zero-order valence-electron chi connectivity index (χ0n) is 14.3. The fourth-order valence-corrected chi connectivity index (χ4v) is 2.67. The number of carbonyl (C=O) groups is 1. The molecule has 3 rings (SSSR count). The maximum Gasteiger partial charge on any atom is 0.254 e. The van der Waals surface area contributed by atoms with Gasteiger partial charge in [0.1, 0.15) is 11.4 Å². The molecule has 1 atom stereocenters. The first-order valence-electron chi connectivity index (χ1n) is 7.98. The Kier molecular flexibility index (Phi) is 4.75. The summed E-state index contributed by atoms with van der Waals surface area (Å²) >= 11 is 0. The van der Waals surface area contributed by atoms with E-state index < -0.39 is 5.60 Å². The minimum atomic E-state index is -1.00. The molecule has 9 heteroatoms. The van der Waals surface area contributed by atoms with E-state index in [0.29, 0.717) is 31.0 Å². The summed E-state index contributed by atoms with van der Waals surface area (Å²) in [4.78, 5) is 32.4. The van der Waals surface area contributed by atoms with Crippen molar-refractivity contribution in [1.29, 1.82) is 0 Å². The zero-order chi connectivity index (χ0) is 17.9. The summed E-state index contributed by atoms with van der Waals surface area (Å²) in [5.41, 5.74) is -0.643. The number of anilines is 2. The topological polar surface area (TPSA) is 107 Å². The van der Waals surface area contributed by atoms with Crippen LogP contribution in [0.4, 0.5) is 11.8 Å². The van der Waals surface area contributed by atoms with Crippen molar-refractivity contribution < 1.29 is 9.90 Å². The minimum absolute atomic E-state index is 0.151. The van der Waals surface area contributed by atoms with E-state index in [1.807, 2.05) is 19.0 Å². The highest BCUT2D eigenvalue weighted by atomic mass is 16.3. The van der Waals surface area contributed by atoms with Crippen molar-refractivity contribution >= 4 is 17.7 Å². The zero-order valence-corrected chi connectivity index (χ0v) is 14.3. The monoisotopic (exact) mass is 343 g/mol. The molecule has 0 aromatic carbocycles. The number of rotatable bonds is 5. The Morgan fingerprint density at radius 1 is 1.28 bits per heavy atom. The van der Waals surface area contributed by atoms with Gasteiger partial charge >= 0.3 is 0 Å². The number of nitrogens with zero attached hydrogens (tertiary/aromatic N) is 6. The summed E-state index contributed by atoms with van der Waals surface area (Å²) in [6, 6.07) is 0. The van der Waals surface area contributed by atoms with Gasteiger partial charge in [0.05, 0.1) is 11.8 Å². The van der Waals surface area contributed by atoms with Crippen LogP contribution >= 0.6 is 0 Å². The first kappa shape index (κ1) is 17.0. The van der Waals surface area contributed by atoms with Gasteiger partial charge in [0, 0.05) is 58.5 Å². The number of nitrogens with one attached hydrogen (secondary N) is 1. The predicted octanol–water partition coefficient (Wildman–Crippen LogP) is -0.296. The largest absolute Gasteiger partial charge is 0.386 e. The van der Waals surface area contributed by atoms with E-state index in [9.17, 15) is 9.90 Å². The van der Waals surface area contributed by atoms with E-state index >= 15 is 0 Å². The van der Waals surface area contributed by atoms with Crippen LogP contribution in [0.1, 0.15) is 16.8 Å². The molecule has 2 aromatic rings. The van der Waals surface area contributed by atoms with Crippen molar-refractivity contribution in [1.82, 2.24) is 25.3 Å². The number of carbonyl (C=O) groups excluding carboxylic acids is 1. The van der Waals surface area contributed by atoms with E-state index in [4.69, 9.17) is 0 Å². The van der Waals surface area contributed by atoms with Gasteiger partial charge in [-0.15, -0.1) is 0 Å². The summed E-state index contributed by atoms with van der Waals surface area (Å²) in [6.45, 7) is 1.20. The van der Waals surface area contributed by atoms with Crippen molar-refractivity contribution in [2.24, 2.45) is 0 Å². The molecule has 9 nitrogen and oxygen atoms in total. The molecule has 25 heavy (non-hydrogen) atoms. The fraction of sp³-hybridized carbons (Fsp3) is 0.438. The van der Waals surface area contributed by atoms with Gasteiger partial charge in [-0.3, -0.25) is 9.78 Å². The molecule has 1 aliphatic heterocycles. The van der Waals surface area contributed by atoms with Crippen molar-refractivity contribution in [3.63, 3.8) is 0 Å². The normalized spacial score (nSPS) is 19.7. The van der Waals surface area contributed by atoms with Crippen LogP contribution in [-0.4, -0.2) is 70.3 Å². The molecular formula is C16H21N7O2. The SMILES string of the molecule is CN(C)c1ncc(C(=O)NC[C@@]2(O)CCN(c3cnccn3)C2)cn1. The van der Waals surface area contributed by atoms with Crippen molar-refractivity contribution in [3.8, 4) is 0 Å². The first-order valence-corrected chi connectivity index (χ1v) is 7.98. The minimum Gasteiger partial charge on any atom is -0.386 e. The highest BCUT2D eigenvalue weighted by Crippen LogP contribution is 2.24. The van der Waals surface area contributed by atoms with Crippen LogP contribution in [0.15, 0.2) is 31.0 Å². The lowest BCUT2D eigenvalue weighted by Crippen LogP contribution is -2.45. The smallest absolute Gasteiger partial charge is 0.254 e. The van der Waals surface area contributed by atoms with Crippen LogP contribution in [-0.2, 0) is 0 Å². The predicted molar refractivity (Wildman–Crippen MR) is 92.5 cm³/mol. The molecule has 1 aliphatic rings. The molecule has 0 saturated carbocycles. The van der Waals surface area contributed by atoms with Gasteiger partial charge in [0.2, 0.25) is 5.95 Å². The number of aliphatic hydroxyl groups is 1. The average molecular weight is 343 g/mol. The van der Waals surface area contributed by atoms with Gasteiger partial charge in [-0.2, -0.15) is 0 Å². The first-order chi connectivity index (χ1) is 12.0. The quantitative estimate of drug-likeness (QED) is 0.762. The molecule has 0 unspecified atom stereocenters. The van der Waals surface area contributed by atoms with E-state index in [1.54, 1.807) is 23.5 Å². The molecule has 0 spiro atoms. The Labute approximate surface area is 145 Å². The lowest BCUT2D eigenvalue weighted by Gasteiger charge is -2.24. The second kappa shape index (κ2) is 6.98. The van der Waals surface area contributed by atoms with Crippen LogP contribution in [0, 0.1) is 0 Å². The van der Waals surface area contributed by atoms with E-state index in [-0.39, 0.29) is 12.5 Å². The Balaban J connectivity index is 1.56. The van der Waals surface area contributed by atoms with Gasteiger partial charge in [0.25, 0.3) is 5.91 Å². The van der Waals surface area contributed by atoms with E-state index in [2.05, 4.69) is 25.3 Å². The Morgan fingerprint density at radius 3 is 2.68 bits per heavy atom. The molecule has 3 heterocycles. The number of β-amino-alcohol motifs (C(OH)–C–C–N with tert-alkyl or cyclic N) is 1. The van der Waals surface area contributed by atoms with Crippen molar-refractivity contribution in [2.45, 2.75) is 12.0 Å². The molecule has 2 N–H and O–H groups in total.